The van der Waals surface area contributed by atoms with E-state index in [1.807, 2.05) is 12.1 Å². The second kappa shape index (κ2) is 6.06. The molecule has 1 N–H and O–H groups in total. The maximum atomic E-state index is 4.78. The van der Waals surface area contributed by atoms with Crippen LogP contribution >= 0.6 is 11.3 Å². The van der Waals surface area contributed by atoms with E-state index >= 15 is 0 Å². The average molecular weight is 282 g/mol. The Morgan fingerprint density at radius 3 is 2.55 bits per heavy atom. The van der Waals surface area contributed by atoms with Gasteiger partial charge in [-0.15, -0.1) is 11.3 Å². The van der Waals surface area contributed by atoms with E-state index in [4.69, 9.17) is 4.98 Å². The molecule has 0 aliphatic heterocycles. The van der Waals surface area contributed by atoms with Crippen molar-refractivity contribution in [1.82, 2.24) is 4.98 Å². The maximum absolute atomic E-state index is 4.78. The molecule has 1 atom stereocenters. The fourth-order valence-electron chi connectivity index (χ4n) is 2.32. The number of benzene rings is 2. The summed E-state index contributed by atoms with van der Waals surface area (Å²) in [6.07, 6.45) is 2.23. The minimum atomic E-state index is 0.291. The van der Waals surface area contributed by atoms with Crippen molar-refractivity contribution in [2.24, 2.45) is 0 Å². The molecule has 0 spiro atoms. The van der Waals surface area contributed by atoms with Crippen molar-refractivity contribution < 1.29 is 0 Å². The number of hydrogen-bond donors (Lipinski definition) is 1. The Labute approximate surface area is 123 Å². The number of nitrogens with one attached hydrogen (secondary N) is 1. The van der Waals surface area contributed by atoms with Crippen molar-refractivity contribution in [3.63, 3.8) is 0 Å². The van der Waals surface area contributed by atoms with Gasteiger partial charge in [0, 0.05) is 5.69 Å². The molecule has 0 aliphatic carbocycles. The van der Waals surface area contributed by atoms with Gasteiger partial charge in [-0.05, 0) is 30.7 Å². The minimum Gasteiger partial charge on any atom is -0.376 e. The molecule has 3 aromatic rings. The molecular formula is C17H18N2S. The lowest BCUT2D eigenvalue weighted by Gasteiger charge is -2.16. The van der Waals surface area contributed by atoms with E-state index in [9.17, 15) is 0 Å². The standard InChI is InChI=1S/C17H18N2S/c1-2-8-15(18-13-9-4-3-5-10-13)17-19-14-11-6-7-12-16(14)20-17/h3-7,9-12,15,18H,2,8H2,1H3. The second-order valence-corrected chi connectivity index (χ2v) is 5.93. The Morgan fingerprint density at radius 1 is 1.05 bits per heavy atom. The third-order valence-corrected chi connectivity index (χ3v) is 4.45. The summed E-state index contributed by atoms with van der Waals surface area (Å²) in [7, 11) is 0. The van der Waals surface area contributed by atoms with Crippen LogP contribution in [0.1, 0.15) is 30.8 Å². The third kappa shape index (κ3) is 2.83. The van der Waals surface area contributed by atoms with E-state index in [2.05, 4.69) is 54.7 Å². The predicted molar refractivity (Wildman–Crippen MR) is 87.3 cm³/mol. The highest BCUT2D eigenvalue weighted by Gasteiger charge is 2.15. The molecule has 20 heavy (non-hydrogen) atoms. The van der Waals surface area contributed by atoms with Gasteiger partial charge in [0.05, 0.1) is 16.3 Å². The number of anilines is 1. The molecule has 3 rings (SSSR count). The summed E-state index contributed by atoms with van der Waals surface area (Å²) < 4.78 is 1.26. The summed E-state index contributed by atoms with van der Waals surface area (Å²) in [6, 6.07) is 19.0. The largest absolute Gasteiger partial charge is 0.376 e. The molecule has 3 heteroatoms. The van der Waals surface area contributed by atoms with Crippen LogP contribution in [-0.4, -0.2) is 4.98 Å². The minimum absolute atomic E-state index is 0.291. The number of rotatable bonds is 5. The molecule has 1 heterocycles. The maximum Gasteiger partial charge on any atom is 0.116 e. The van der Waals surface area contributed by atoms with E-state index in [1.165, 1.54) is 9.71 Å². The van der Waals surface area contributed by atoms with Gasteiger partial charge in [-0.1, -0.05) is 43.7 Å². The number of aromatic nitrogens is 1. The van der Waals surface area contributed by atoms with Crippen LogP contribution in [0.4, 0.5) is 5.69 Å². The van der Waals surface area contributed by atoms with E-state index in [-0.39, 0.29) is 0 Å². The van der Waals surface area contributed by atoms with Crippen molar-refractivity contribution in [1.29, 1.82) is 0 Å². The first-order valence-electron chi connectivity index (χ1n) is 7.04. The first kappa shape index (κ1) is 13.1. The molecule has 102 valence electrons. The lowest BCUT2D eigenvalue weighted by molar-refractivity contribution is 0.674. The summed E-state index contributed by atoms with van der Waals surface area (Å²) >= 11 is 1.79. The van der Waals surface area contributed by atoms with Crippen molar-refractivity contribution in [2.45, 2.75) is 25.8 Å². The summed E-state index contributed by atoms with van der Waals surface area (Å²) in [5, 5.41) is 4.78. The molecule has 0 saturated carbocycles. The Bertz CT molecular complexity index is 643. The third-order valence-electron chi connectivity index (χ3n) is 3.30. The average Bonchev–Trinajstić information content (AvgIpc) is 2.92. The number of thiazole rings is 1. The fourth-order valence-corrected chi connectivity index (χ4v) is 3.37. The summed E-state index contributed by atoms with van der Waals surface area (Å²) in [5.74, 6) is 0. The second-order valence-electron chi connectivity index (χ2n) is 4.87. The molecule has 2 nitrogen and oxygen atoms in total. The zero-order valence-electron chi connectivity index (χ0n) is 11.5. The molecule has 0 aliphatic rings. The van der Waals surface area contributed by atoms with Gasteiger partial charge in [0.1, 0.15) is 5.01 Å². The van der Waals surface area contributed by atoms with Crippen molar-refractivity contribution in [3.8, 4) is 0 Å². The van der Waals surface area contributed by atoms with Crippen LogP contribution in [0.2, 0.25) is 0 Å². The highest BCUT2D eigenvalue weighted by atomic mass is 32.1. The Kier molecular flexibility index (Phi) is 3.97. The van der Waals surface area contributed by atoms with Crippen LogP contribution in [0.5, 0.6) is 0 Å². The van der Waals surface area contributed by atoms with Gasteiger partial charge in [-0.25, -0.2) is 4.98 Å². The van der Waals surface area contributed by atoms with Crippen LogP contribution in [-0.2, 0) is 0 Å². The zero-order chi connectivity index (χ0) is 13.8. The van der Waals surface area contributed by atoms with E-state index in [0.717, 1.165) is 24.0 Å². The number of nitrogens with zero attached hydrogens (tertiary/aromatic N) is 1. The lowest BCUT2D eigenvalue weighted by atomic mass is 10.1. The number of para-hydroxylation sites is 2. The quantitative estimate of drug-likeness (QED) is 0.691. The Balaban J connectivity index is 1.89. The summed E-state index contributed by atoms with van der Waals surface area (Å²) in [5.41, 5.74) is 2.26. The van der Waals surface area contributed by atoms with E-state index in [1.54, 1.807) is 11.3 Å². The van der Waals surface area contributed by atoms with E-state index < -0.39 is 0 Å². The first-order valence-corrected chi connectivity index (χ1v) is 7.85. The highest BCUT2D eigenvalue weighted by molar-refractivity contribution is 7.18. The lowest BCUT2D eigenvalue weighted by Crippen LogP contribution is -2.10. The van der Waals surface area contributed by atoms with Crippen LogP contribution in [0.25, 0.3) is 10.2 Å². The molecule has 1 unspecified atom stereocenters. The molecule has 0 saturated heterocycles. The van der Waals surface area contributed by atoms with Crippen molar-refractivity contribution >= 4 is 27.2 Å². The van der Waals surface area contributed by atoms with Gasteiger partial charge in [0.2, 0.25) is 0 Å². The number of hydrogen-bond acceptors (Lipinski definition) is 3. The van der Waals surface area contributed by atoms with Crippen LogP contribution < -0.4 is 5.32 Å². The van der Waals surface area contributed by atoms with Crippen LogP contribution in [0.3, 0.4) is 0 Å². The fraction of sp³-hybridized carbons (Fsp3) is 0.235. The van der Waals surface area contributed by atoms with Gasteiger partial charge in [-0.2, -0.15) is 0 Å². The molecule has 0 bridgehead atoms. The predicted octanol–water partition coefficient (Wildman–Crippen LogP) is 5.25. The van der Waals surface area contributed by atoms with Gasteiger partial charge < -0.3 is 5.32 Å². The molecule has 0 radical (unpaired) electrons. The highest BCUT2D eigenvalue weighted by Crippen LogP contribution is 2.30. The van der Waals surface area contributed by atoms with Crippen LogP contribution in [0, 0.1) is 0 Å². The van der Waals surface area contributed by atoms with Crippen molar-refractivity contribution in [3.05, 3.63) is 59.6 Å². The van der Waals surface area contributed by atoms with Gasteiger partial charge >= 0.3 is 0 Å². The first-order chi connectivity index (χ1) is 9.86. The van der Waals surface area contributed by atoms with Gasteiger partial charge in [-0.3, -0.25) is 0 Å². The molecule has 0 fully saturated rings. The molecule has 1 aromatic heterocycles. The normalized spacial score (nSPS) is 12.4. The SMILES string of the molecule is CCCC(Nc1ccccc1)c1nc2ccccc2s1. The van der Waals surface area contributed by atoms with Gasteiger partial charge in [0.25, 0.3) is 0 Å². The summed E-state index contributed by atoms with van der Waals surface area (Å²) in [6.45, 7) is 2.22. The van der Waals surface area contributed by atoms with Crippen molar-refractivity contribution in [2.75, 3.05) is 5.32 Å². The molecule has 0 amide bonds. The van der Waals surface area contributed by atoms with Gasteiger partial charge in [0.15, 0.2) is 0 Å². The monoisotopic (exact) mass is 282 g/mol. The Hall–Kier alpha value is -1.87. The molecular weight excluding hydrogens is 264 g/mol. The molecule has 2 aromatic carbocycles. The zero-order valence-corrected chi connectivity index (χ0v) is 12.4. The number of fused-ring (bicyclic) bond motifs is 1. The van der Waals surface area contributed by atoms with Crippen LogP contribution in [0.15, 0.2) is 54.6 Å². The van der Waals surface area contributed by atoms with E-state index in [0.29, 0.717) is 6.04 Å². The smallest absolute Gasteiger partial charge is 0.116 e. The Morgan fingerprint density at radius 2 is 1.80 bits per heavy atom. The topological polar surface area (TPSA) is 24.9 Å². The summed E-state index contributed by atoms with van der Waals surface area (Å²) in [4.78, 5) is 4.78.